The number of hydrogen-bond acceptors (Lipinski definition) is 6. The van der Waals surface area contributed by atoms with Gasteiger partial charge in [0, 0.05) is 43.7 Å². The number of thiazole rings is 1. The fourth-order valence-electron chi connectivity index (χ4n) is 3.18. The van der Waals surface area contributed by atoms with E-state index in [0.29, 0.717) is 0 Å². The lowest BCUT2D eigenvalue weighted by Crippen LogP contribution is -2.46. The average Bonchev–Trinajstić information content (AvgIpc) is 3.18. The number of aromatic nitrogens is 2. The normalized spacial score (nSPS) is 15.0. The van der Waals surface area contributed by atoms with Crippen LogP contribution < -0.4 is 4.90 Å². The van der Waals surface area contributed by atoms with Gasteiger partial charge in [-0.15, -0.1) is 11.3 Å². The van der Waals surface area contributed by atoms with Gasteiger partial charge in [-0.05, 0) is 12.1 Å². The Hall–Kier alpha value is -2.77. The van der Waals surface area contributed by atoms with Crippen LogP contribution in [0.5, 0.6) is 0 Å². The molecule has 0 amide bonds. The van der Waals surface area contributed by atoms with Gasteiger partial charge in [-0.1, -0.05) is 36.4 Å². The summed E-state index contributed by atoms with van der Waals surface area (Å²) in [4.78, 5) is 24.6. The van der Waals surface area contributed by atoms with Gasteiger partial charge in [-0.3, -0.25) is 4.90 Å². The minimum Gasteiger partial charge on any atom is -0.477 e. The van der Waals surface area contributed by atoms with Crippen LogP contribution in [0.2, 0.25) is 0 Å². The van der Waals surface area contributed by atoms with E-state index in [1.807, 2.05) is 24.3 Å². The molecule has 1 fully saturated rings. The first-order chi connectivity index (χ1) is 13.2. The zero-order valence-electron chi connectivity index (χ0n) is 14.8. The van der Waals surface area contributed by atoms with E-state index < -0.39 is 5.97 Å². The van der Waals surface area contributed by atoms with E-state index in [9.17, 15) is 4.79 Å². The number of hydrogen-bond donors (Lipinski definition) is 1. The first kappa shape index (κ1) is 17.6. The van der Waals surface area contributed by atoms with Crippen molar-refractivity contribution in [3.05, 3.63) is 65.3 Å². The number of carboxylic acid groups (broad SMARTS) is 1. The summed E-state index contributed by atoms with van der Waals surface area (Å²) in [5.74, 6) is -0.261. The van der Waals surface area contributed by atoms with Crippen LogP contribution in [0.1, 0.15) is 16.2 Å². The Morgan fingerprint density at radius 1 is 1.00 bits per heavy atom. The highest BCUT2D eigenvalue weighted by Crippen LogP contribution is 2.24. The summed E-state index contributed by atoms with van der Waals surface area (Å²) in [6.07, 6.45) is 0. The van der Waals surface area contributed by atoms with Gasteiger partial charge in [-0.25, -0.2) is 14.8 Å². The van der Waals surface area contributed by atoms with E-state index >= 15 is 0 Å². The molecule has 0 saturated carbocycles. The summed E-state index contributed by atoms with van der Waals surface area (Å²) in [6, 6.07) is 15.4. The molecule has 7 heteroatoms. The quantitative estimate of drug-likeness (QED) is 0.733. The second kappa shape index (κ2) is 7.85. The smallest absolute Gasteiger partial charge is 0.354 e. The maximum Gasteiger partial charge on any atom is 0.354 e. The third kappa shape index (κ3) is 4.15. The molecular formula is C20H20N4O2S. The Balaban J connectivity index is 1.35. The largest absolute Gasteiger partial charge is 0.477 e. The molecule has 4 rings (SSSR count). The Bertz CT molecular complexity index is 920. The highest BCUT2D eigenvalue weighted by atomic mass is 32.1. The molecule has 0 unspecified atom stereocenters. The first-order valence-electron chi connectivity index (χ1n) is 8.86. The number of rotatable bonds is 5. The molecule has 3 heterocycles. The van der Waals surface area contributed by atoms with Crippen LogP contribution in [0.4, 0.5) is 5.82 Å². The molecule has 0 atom stereocenters. The number of carbonyl (C=O) groups is 1. The van der Waals surface area contributed by atoms with E-state index in [2.05, 4.69) is 32.3 Å². The average molecular weight is 380 g/mol. The van der Waals surface area contributed by atoms with Crippen molar-refractivity contribution in [1.29, 1.82) is 0 Å². The second-order valence-corrected chi connectivity index (χ2v) is 7.32. The van der Waals surface area contributed by atoms with E-state index in [1.165, 1.54) is 6.07 Å². The van der Waals surface area contributed by atoms with Gasteiger partial charge >= 0.3 is 5.97 Å². The fraction of sp³-hybridized carbons (Fsp3) is 0.250. The van der Waals surface area contributed by atoms with Gasteiger partial charge in [0.2, 0.25) is 0 Å². The summed E-state index contributed by atoms with van der Waals surface area (Å²) in [6.45, 7) is 4.28. The molecule has 6 nitrogen and oxygen atoms in total. The molecule has 0 spiro atoms. The summed E-state index contributed by atoms with van der Waals surface area (Å²) in [5.41, 5.74) is 2.34. The van der Waals surface area contributed by atoms with Crippen molar-refractivity contribution in [3.8, 4) is 10.6 Å². The molecular weight excluding hydrogens is 360 g/mol. The lowest BCUT2D eigenvalue weighted by molar-refractivity contribution is 0.0690. The highest BCUT2D eigenvalue weighted by Gasteiger charge is 2.20. The lowest BCUT2D eigenvalue weighted by atomic mass is 10.2. The molecule has 1 aliphatic rings. The Morgan fingerprint density at radius 2 is 1.78 bits per heavy atom. The third-order valence-corrected chi connectivity index (χ3v) is 5.55. The number of carboxylic acids is 1. The number of anilines is 1. The molecule has 3 aromatic rings. The SMILES string of the molecule is O=C(O)c1cccc(N2CCN(Cc3csc(-c4ccccc4)n3)CC2)n1. The molecule has 1 aromatic carbocycles. The predicted octanol–water partition coefficient (Wildman–Crippen LogP) is 3.23. The van der Waals surface area contributed by atoms with Crippen molar-refractivity contribution in [3.63, 3.8) is 0 Å². The molecule has 27 heavy (non-hydrogen) atoms. The van der Waals surface area contributed by atoms with Crippen LogP contribution in [0.25, 0.3) is 10.6 Å². The molecule has 0 aliphatic carbocycles. The van der Waals surface area contributed by atoms with Crippen molar-refractivity contribution in [2.75, 3.05) is 31.1 Å². The molecule has 1 saturated heterocycles. The third-order valence-electron chi connectivity index (χ3n) is 4.61. The van der Waals surface area contributed by atoms with Gasteiger partial charge in [0.1, 0.15) is 10.8 Å². The standard InChI is InChI=1S/C20H20N4O2S/c25-20(26)17-7-4-8-18(22-17)24-11-9-23(10-12-24)13-16-14-27-19(21-16)15-5-2-1-3-6-15/h1-8,14H,9-13H2,(H,25,26). The molecule has 2 aromatic heterocycles. The fourth-order valence-corrected chi connectivity index (χ4v) is 3.99. The van der Waals surface area contributed by atoms with Crippen LogP contribution in [-0.2, 0) is 6.54 Å². The van der Waals surface area contributed by atoms with Gasteiger partial charge in [0.05, 0.1) is 5.69 Å². The van der Waals surface area contributed by atoms with E-state index in [4.69, 9.17) is 10.1 Å². The van der Waals surface area contributed by atoms with E-state index in [-0.39, 0.29) is 5.69 Å². The summed E-state index contributed by atoms with van der Waals surface area (Å²) in [7, 11) is 0. The summed E-state index contributed by atoms with van der Waals surface area (Å²) in [5, 5.41) is 12.3. The first-order valence-corrected chi connectivity index (χ1v) is 9.74. The van der Waals surface area contributed by atoms with Gasteiger partial charge in [0.25, 0.3) is 0 Å². The van der Waals surface area contributed by atoms with Crippen molar-refractivity contribution in [2.45, 2.75) is 6.54 Å². The van der Waals surface area contributed by atoms with E-state index in [1.54, 1.807) is 17.4 Å². The molecule has 0 bridgehead atoms. The minimum atomic E-state index is -0.992. The zero-order chi connectivity index (χ0) is 18.6. The number of nitrogens with zero attached hydrogens (tertiary/aromatic N) is 4. The van der Waals surface area contributed by atoms with Crippen molar-refractivity contribution in [2.24, 2.45) is 0 Å². The van der Waals surface area contributed by atoms with Gasteiger partial charge < -0.3 is 10.0 Å². The number of pyridine rings is 1. The maximum absolute atomic E-state index is 11.1. The van der Waals surface area contributed by atoms with Crippen LogP contribution in [0.3, 0.4) is 0 Å². The summed E-state index contributed by atoms with van der Waals surface area (Å²) < 4.78 is 0. The predicted molar refractivity (Wildman–Crippen MR) is 106 cm³/mol. The van der Waals surface area contributed by atoms with Gasteiger partial charge in [0.15, 0.2) is 5.69 Å². The number of piperazine rings is 1. The Kier molecular flexibility index (Phi) is 5.13. The lowest BCUT2D eigenvalue weighted by Gasteiger charge is -2.35. The Morgan fingerprint density at radius 3 is 2.52 bits per heavy atom. The monoisotopic (exact) mass is 380 g/mol. The van der Waals surface area contributed by atoms with Crippen molar-refractivity contribution in [1.82, 2.24) is 14.9 Å². The van der Waals surface area contributed by atoms with Crippen LogP contribution in [-0.4, -0.2) is 52.1 Å². The van der Waals surface area contributed by atoms with E-state index in [0.717, 1.165) is 54.8 Å². The van der Waals surface area contributed by atoms with Crippen LogP contribution in [0, 0.1) is 0 Å². The second-order valence-electron chi connectivity index (χ2n) is 6.46. The molecule has 1 aliphatic heterocycles. The van der Waals surface area contributed by atoms with Crippen molar-refractivity contribution >= 4 is 23.1 Å². The Labute approximate surface area is 161 Å². The topological polar surface area (TPSA) is 69.6 Å². The van der Waals surface area contributed by atoms with Crippen molar-refractivity contribution < 1.29 is 9.90 Å². The van der Waals surface area contributed by atoms with Gasteiger partial charge in [-0.2, -0.15) is 0 Å². The highest BCUT2D eigenvalue weighted by molar-refractivity contribution is 7.13. The van der Waals surface area contributed by atoms with Crippen LogP contribution >= 0.6 is 11.3 Å². The number of benzene rings is 1. The minimum absolute atomic E-state index is 0.0887. The van der Waals surface area contributed by atoms with Crippen LogP contribution in [0.15, 0.2) is 53.9 Å². The molecule has 0 radical (unpaired) electrons. The number of aromatic carboxylic acids is 1. The zero-order valence-corrected chi connectivity index (χ0v) is 15.6. The summed E-state index contributed by atoms with van der Waals surface area (Å²) >= 11 is 1.68. The maximum atomic E-state index is 11.1. The molecule has 138 valence electrons. The molecule has 1 N–H and O–H groups in total.